The van der Waals surface area contributed by atoms with Gasteiger partial charge in [0.25, 0.3) is 0 Å². The quantitative estimate of drug-likeness (QED) is 0.393. The number of nitrogens with zero attached hydrogens (tertiary/aromatic N) is 2. The molecule has 1 fully saturated rings. The zero-order chi connectivity index (χ0) is 28.0. The maximum Gasteiger partial charge on any atom is 0.329 e. The second kappa shape index (κ2) is 12.0. The van der Waals surface area contributed by atoms with Crippen molar-refractivity contribution < 1.29 is 22.7 Å². The average Bonchev–Trinajstić information content (AvgIpc) is 3.28. The Morgan fingerprint density at radius 3 is 2.21 bits per heavy atom. The van der Waals surface area contributed by atoms with Gasteiger partial charge in [0.15, 0.2) is 0 Å². The van der Waals surface area contributed by atoms with Crippen molar-refractivity contribution in [2.24, 2.45) is 0 Å². The molecule has 1 aliphatic rings. The summed E-state index contributed by atoms with van der Waals surface area (Å²) in [4.78, 5) is 26.8. The van der Waals surface area contributed by atoms with Gasteiger partial charge in [-0.2, -0.15) is 9.57 Å². The lowest BCUT2D eigenvalue weighted by Gasteiger charge is -2.33. The Kier molecular flexibility index (Phi) is 8.75. The number of thioether (sulfide) groups is 1. The number of hydrogen-bond acceptors (Lipinski definition) is 7. The highest BCUT2D eigenvalue weighted by Gasteiger charge is 2.51. The summed E-state index contributed by atoms with van der Waals surface area (Å²) < 4.78 is 34.1. The number of benzene rings is 3. The third kappa shape index (κ3) is 6.68. The van der Waals surface area contributed by atoms with Crippen molar-refractivity contribution in [3.8, 4) is 6.07 Å². The van der Waals surface area contributed by atoms with Crippen LogP contribution in [0.25, 0.3) is 0 Å². The van der Waals surface area contributed by atoms with E-state index in [9.17, 15) is 18.0 Å². The van der Waals surface area contributed by atoms with Gasteiger partial charge in [0.05, 0.1) is 16.5 Å². The fourth-order valence-corrected chi connectivity index (χ4v) is 8.01. The first-order valence-corrected chi connectivity index (χ1v) is 14.8. The fraction of sp³-hybridized carbons (Fsp3) is 0.276. The van der Waals surface area contributed by atoms with Crippen LogP contribution < -0.4 is 5.32 Å². The van der Waals surface area contributed by atoms with Gasteiger partial charge in [0.1, 0.15) is 18.0 Å². The topological polar surface area (TPSA) is 117 Å². The molecule has 1 heterocycles. The highest BCUT2D eigenvalue weighted by Crippen LogP contribution is 2.41. The predicted molar refractivity (Wildman–Crippen MR) is 149 cm³/mol. The second-order valence-electron chi connectivity index (χ2n) is 9.76. The summed E-state index contributed by atoms with van der Waals surface area (Å²) >= 11 is 1.20. The average molecular weight is 564 g/mol. The molecule has 10 heteroatoms. The lowest BCUT2D eigenvalue weighted by molar-refractivity contribution is -0.149. The van der Waals surface area contributed by atoms with Crippen LogP contribution in [0.3, 0.4) is 0 Å². The molecule has 0 aliphatic carbocycles. The van der Waals surface area contributed by atoms with Crippen molar-refractivity contribution in [3.05, 3.63) is 102 Å². The van der Waals surface area contributed by atoms with Gasteiger partial charge >= 0.3 is 5.97 Å². The molecule has 0 bridgehead atoms. The van der Waals surface area contributed by atoms with Gasteiger partial charge < -0.3 is 10.1 Å². The molecule has 0 radical (unpaired) electrons. The number of carbonyl (C=O) groups excluding carboxylic acids is 2. The SMILES string of the molecule is CC1(C)CS[C@@H](C(=O)N[C@@H](Cc2ccccc2)C(=O)OCc2ccccc2)N1S(=O)(=O)c1ccc(C#N)cc1. The van der Waals surface area contributed by atoms with E-state index in [-0.39, 0.29) is 17.9 Å². The molecule has 39 heavy (non-hydrogen) atoms. The van der Waals surface area contributed by atoms with Crippen LogP contribution in [0.1, 0.15) is 30.5 Å². The summed E-state index contributed by atoms with van der Waals surface area (Å²) in [5, 5.41) is 10.7. The minimum absolute atomic E-state index is 0.0158. The summed E-state index contributed by atoms with van der Waals surface area (Å²) in [5.74, 6) is -0.831. The molecule has 1 aliphatic heterocycles. The van der Waals surface area contributed by atoms with E-state index in [0.29, 0.717) is 11.3 Å². The van der Waals surface area contributed by atoms with Gasteiger partial charge in [0, 0.05) is 17.7 Å². The first kappa shape index (κ1) is 28.4. The van der Waals surface area contributed by atoms with Crippen molar-refractivity contribution in [3.63, 3.8) is 0 Å². The maximum absolute atomic E-state index is 13.7. The zero-order valence-electron chi connectivity index (χ0n) is 21.6. The lowest BCUT2D eigenvalue weighted by atomic mass is 10.1. The van der Waals surface area contributed by atoms with Crippen LogP contribution in [0.5, 0.6) is 0 Å². The van der Waals surface area contributed by atoms with Crippen LogP contribution in [-0.2, 0) is 37.4 Å². The third-order valence-corrected chi connectivity index (χ3v) is 10.1. The fourth-order valence-electron chi connectivity index (χ4n) is 4.30. The molecular formula is C29H29N3O5S2. The molecule has 2 atom stereocenters. The number of sulfonamides is 1. The van der Waals surface area contributed by atoms with Gasteiger partial charge in [-0.15, -0.1) is 11.8 Å². The van der Waals surface area contributed by atoms with E-state index in [1.807, 2.05) is 66.7 Å². The van der Waals surface area contributed by atoms with Gasteiger partial charge in [-0.3, -0.25) is 4.79 Å². The van der Waals surface area contributed by atoms with Crippen LogP contribution >= 0.6 is 11.8 Å². The molecular weight excluding hydrogens is 534 g/mol. The largest absolute Gasteiger partial charge is 0.459 e. The minimum Gasteiger partial charge on any atom is -0.459 e. The maximum atomic E-state index is 13.7. The molecule has 4 rings (SSSR count). The van der Waals surface area contributed by atoms with E-state index in [0.717, 1.165) is 11.1 Å². The number of rotatable bonds is 9. The van der Waals surface area contributed by atoms with E-state index >= 15 is 0 Å². The van der Waals surface area contributed by atoms with Gasteiger partial charge in [-0.05, 0) is 49.2 Å². The molecule has 8 nitrogen and oxygen atoms in total. The Labute approximate surface area is 233 Å². The second-order valence-corrected chi connectivity index (χ2v) is 12.6. The van der Waals surface area contributed by atoms with Gasteiger partial charge in [-0.1, -0.05) is 60.7 Å². The van der Waals surface area contributed by atoms with Crippen molar-refractivity contribution in [2.45, 2.75) is 48.7 Å². The smallest absolute Gasteiger partial charge is 0.329 e. The summed E-state index contributed by atoms with van der Waals surface area (Å²) in [6, 6.07) is 25.0. The molecule has 3 aromatic rings. The number of hydrogen-bond donors (Lipinski definition) is 1. The molecule has 0 spiro atoms. The van der Waals surface area contributed by atoms with Crippen molar-refractivity contribution in [2.75, 3.05) is 5.75 Å². The number of ether oxygens (including phenoxy) is 1. The monoisotopic (exact) mass is 563 g/mol. The van der Waals surface area contributed by atoms with Gasteiger partial charge in [-0.25, -0.2) is 13.2 Å². The van der Waals surface area contributed by atoms with Crippen LogP contribution in [0, 0.1) is 11.3 Å². The summed E-state index contributed by atoms with van der Waals surface area (Å²) in [6.45, 7) is 3.55. The molecule has 0 aromatic heterocycles. The molecule has 202 valence electrons. The van der Waals surface area contributed by atoms with E-state index in [1.165, 1.54) is 40.3 Å². The van der Waals surface area contributed by atoms with Crippen molar-refractivity contribution >= 4 is 33.7 Å². The number of nitriles is 1. The normalized spacial score (nSPS) is 17.6. The Balaban J connectivity index is 1.57. The molecule has 0 unspecified atom stereocenters. The summed E-state index contributed by atoms with van der Waals surface area (Å²) in [7, 11) is -4.10. The summed E-state index contributed by atoms with van der Waals surface area (Å²) in [5.41, 5.74) is 1.09. The first-order valence-electron chi connectivity index (χ1n) is 12.3. The Hall–Kier alpha value is -3.65. The zero-order valence-corrected chi connectivity index (χ0v) is 23.2. The minimum atomic E-state index is -4.10. The van der Waals surface area contributed by atoms with Crippen LogP contribution in [-0.4, -0.2) is 47.3 Å². The number of esters is 1. The standard InChI is InChI=1S/C29H29N3O5S2/c1-29(2)20-38-27(32(29)39(35,36)24-15-13-22(18-30)14-16-24)26(33)31-25(17-21-9-5-3-6-10-21)28(34)37-19-23-11-7-4-8-12-23/h3-16,25,27H,17,19-20H2,1-2H3,(H,31,33)/t25-,27-/m0/s1. The lowest BCUT2D eigenvalue weighted by Crippen LogP contribution is -2.55. The first-order chi connectivity index (χ1) is 18.6. The Bertz CT molecular complexity index is 1450. The molecule has 1 N–H and O–H groups in total. The van der Waals surface area contributed by atoms with Crippen molar-refractivity contribution in [1.29, 1.82) is 5.26 Å². The number of carbonyl (C=O) groups is 2. The third-order valence-electron chi connectivity index (χ3n) is 6.28. The van der Waals surface area contributed by atoms with Crippen molar-refractivity contribution in [1.82, 2.24) is 9.62 Å². The van der Waals surface area contributed by atoms with Crippen LogP contribution in [0.4, 0.5) is 0 Å². The number of amides is 1. The Morgan fingerprint density at radius 2 is 1.62 bits per heavy atom. The molecule has 3 aromatic carbocycles. The van der Waals surface area contributed by atoms with Crippen LogP contribution in [0.15, 0.2) is 89.8 Å². The van der Waals surface area contributed by atoms with E-state index < -0.39 is 38.9 Å². The molecule has 1 saturated heterocycles. The number of nitrogens with one attached hydrogen (secondary N) is 1. The Morgan fingerprint density at radius 1 is 1.03 bits per heavy atom. The van der Waals surface area contributed by atoms with E-state index in [4.69, 9.17) is 10.00 Å². The highest BCUT2D eigenvalue weighted by molar-refractivity contribution is 8.02. The van der Waals surface area contributed by atoms with E-state index in [2.05, 4.69) is 5.32 Å². The summed E-state index contributed by atoms with van der Waals surface area (Å²) in [6.07, 6.45) is 0.184. The van der Waals surface area contributed by atoms with E-state index in [1.54, 1.807) is 13.8 Å². The predicted octanol–water partition coefficient (Wildman–Crippen LogP) is 3.87. The molecule has 0 saturated carbocycles. The molecule has 1 amide bonds. The highest BCUT2D eigenvalue weighted by atomic mass is 32.2. The van der Waals surface area contributed by atoms with Crippen LogP contribution in [0.2, 0.25) is 0 Å². The van der Waals surface area contributed by atoms with Gasteiger partial charge in [0.2, 0.25) is 15.9 Å².